The maximum absolute atomic E-state index is 14.0. The summed E-state index contributed by atoms with van der Waals surface area (Å²) in [5.74, 6) is -2.82. The smallest absolute Gasteiger partial charge is 0.326 e. The number of urea groups is 1. The first-order valence-electron chi connectivity index (χ1n) is 11.5. The van der Waals surface area contributed by atoms with Gasteiger partial charge in [0.25, 0.3) is 5.91 Å². The van der Waals surface area contributed by atoms with Gasteiger partial charge in [-0.2, -0.15) is 0 Å². The molecule has 0 aliphatic heterocycles. The molecule has 4 aromatic carbocycles. The second-order valence-electron chi connectivity index (χ2n) is 8.28. The van der Waals surface area contributed by atoms with Crippen LogP contribution in [0.5, 0.6) is 11.5 Å². The van der Waals surface area contributed by atoms with Crippen LogP contribution in [-0.4, -0.2) is 26.2 Å². The predicted molar refractivity (Wildman–Crippen MR) is 145 cm³/mol. The lowest BCUT2D eigenvalue weighted by Crippen LogP contribution is -2.35. The Kier molecular flexibility index (Phi) is 8.66. The van der Waals surface area contributed by atoms with Crippen molar-refractivity contribution in [3.8, 4) is 11.5 Å². The summed E-state index contributed by atoms with van der Waals surface area (Å²) in [7, 11) is 2.82. The Labute approximate surface area is 232 Å². The molecule has 0 atom stereocenters. The highest BCUT2D eigenvalue weighted by atomic mass is 35.5. The van der Waals surface area contributed by atoms with E-state index in [1.54, 1.807) is 19.1 Å². The number of methoxy groups -OCH3 is 2. The number of rotatable bonds is 7. The number of benzene rings is 4. The highest BCUT2D eigenvalue weighted by Crippen LogP contribution is 2.44. The van der Waals surface area contributed by atoms with Gasteiger partial charge in [0.15, 0.2) is 12.0 Å². The predicted octanol–water partition coefficient (Wildman–Crippen LogP) is 7.78. The number of nitrogens with one attached hydrogen (secondary N) is 2. The standard InChI is InChI=1S/C28H22Cl2F2N2O5/c1-14-21(33-28(36)34-26(35)23-19(31)9-6-10-20(23)32)13-17(27(37-2)38-3)25(24(14)30)39-22-12-11-18(29)15-7-4-5-8-16(15)22/h4-13,27H,1-3H3,(H2,33,34,35,36). The van der Waals surface area contributed by atoms with E-state index in [9.17, 15) is 18.4 Å². The van der Waals surface area contributed by atoms with Gasteiger partial charge >= 0.3 is 6.03 Å². The number of anilines is 1. The summed E-state index contributed by atoms with van der Waals surface area (Å²) in [6.45, 7) is 1.61. The number of carbonyl (C=O) groups excluding carboxylic acids is 2. The molecule has 0 fully saturated rings. The van der Waals surface area contributed by atoms with Gasteiger partial charge < -0.3 is 19.5 Å². The van der Waals surface area contributed by atoms with Gasteiger partial charge in [0, 0.05) is 35.7 Å². The number of halogens is 4. The second-order valence-corrected chi connectivity index (χ2v) is 9.07. The molecule has 3 amide bonds. The van der Waals surface area contributed by atoms with Crippen molar-refractivity contribution in [2.45, 2.75) is 13.2 Å². The van der Waals surface area contributed by atoms with Crippen LogP contribution in [0.15, 0.2) is 60.7 Å². The Morgan fingerprint density at radius 2 is 1.54 bits per heavy atom. The van der Waals surface area contributed by atoms with Gasteiger partial charge in [0.1, 0.15) is 22.9 Å². The third-order valence-electron chi connectivity index (χ3n) is 5.88. The monoisotopic (exact) mass is 574 g/mol. The second kappa shape index (κ2) is 12.0. The van der Waals surface area contributed by atoms with Crippen LogP contribution in [0.1, 0.15) is 27.8 Å². The van der Waals surface area contributed by atoms with E-state index in [2.05, 4.69) is 5.32 Å². The molecular weight excluding hydrogens is 553 g/mol. The molecule has 2 N–H and O–H groups in total. The largest absolute Gasteiger partial charge is 0.455 e. The van der Waals surface area contributed by atoms with Crippen LogP contribution in [0.25, 0.3) is 10.8 Å². The van der Waals surface area contributed by atoms with Crippen molar-refractivity contribution >= 4 is 51.6 Å². The lowest BCUT2D eigenvalue weighted by molar-refractivity contribution is -0.106. The lowest BCUT2D eigenvalue weighted by Gasteiger charge is -2.23. The maximum Gasteiger partial charge on any atom is 0.326 e. The Morgan fingerprint density at radius 3 is 2.18 bits per heavy atom. The first-order chi connectivity index (χ1) is 18.7. The zero-order valence-electron chi connectivity index (χ0n) is 20.9. The quantitative estimate of drug-likeness (QED) is 0.220. The minimum atomic E-state index is -1.26. The number of ether oxygens (including phenoxy) is 3. The fourth-order valence-electron chi connectivity index (χ4n) is 3.97. The molecule has 0 spiro atoms. The van der Waals surface area contributed by atoms with Gasteiger partial charge in [-0.3, -0.25) is 10.1 Å². The summed E-state index contributed by atoms with van der Waals surface area (Å²) < 4.78 is 45.0. The van der Waals surface area contributed by atoms with Crippen LogP contribution in [0.2, 0.25) is 10.0 Å². The van der Waals surface area contributed by atoms with E-state index in [1.807, 2.05) is 29.6 Å². The number of fused-ring (bicyclic) bond motifs is 1. The molecular formula is C28H22Cl2F2N2O5. The molecule has 0 aliphatic rings. The molecule has 0 aromatic heterocycles. The summed E-state index contributed by atoms with van der Waals surface area (Å²) in [5, 5.41) is 6.55. The van der Waals surface area contributed by atoms with Crippen LogP contribution in [0, 0.1) is 18.6 Å². The molecule has 4 aromatic rings. The number of carbonyl (C=O) groups is 2. The van der Waals surface area contributed by atoms with Gasteiger partial charge in [-0.15, -0.1) is 0 Å². The molecule has 0 heterocycles. The minimum absolute atomic E-state index is 0.118. The van der Waals surface area contributed by atoms with Crippen LogP contribution in [0.4, 0.5) is 19.3 Å². The third kappa shape index (κ3) is 5.81. The van der Waals surface area contributed by atoms with Crippen LogP contribution < -0.4 is 15.4 Å². The van der Waals surface area contributed by atoms with Crippen molar-refractivity contribution in [3.63, 3.8) is 0 Å². The molecule has 7 nitrogen and oxygen atoms in total. The van der Waals surface area contributed by atoms with E-state index in [1.165, 1.54) is 20.3 Å². The van der Waals surface area contributed by atoms with Gasteiger partial charge in [-0.1, -0.05) is 53.5 Å². The zero-order chi connectivity index (χ0) is 28.3. The number of amides is 3. The van der Waals surface area contributed by atoms with Crippen molar-refractivity contribution < 1.29 is 32.6 Å². The lowest BCUT2D eigenvalue weighted by atomic mass is 10.1. The molecule has 0 radical (unpaired) electrons. The minimum Gasteiger partial charge on any atom is -0.455 e. The Bertz CT molecular complexity index is 1560. The summed E-state index contributed by atoms with van der Waals surface area (Å²) in [6.07, 6.45) is -0.964. The summed E-state index contributed by atoms with van der Waals surface area (Å²) in [5.41, 5.74) is -0.0294. The van der Waals surface area contributed by atoms with Crippen LogP contribution >= 0.6 is 23.2 Å². The SMILES string of the molecule is COC(OC)c1cc(NC(=O)NC(=O)c2c(F)cccc2F)c(C)c(Cl)c1Oc1ccc(Cl)c2ccccc12. The van der Waals surface area contributed by atoms with Gasteiger partial charge in [-0.05, 0) is 42.8 Å². The van der Waals surface area contributed by atoms with Crippen molar-refractivity contribution in [1.29, 1.82) is 0 Å². The number of hydrogen-bond acceptors (Lipinski definition) is 5. The van der Waals surface area contributed by atoms with Crippen molar-refractivity contribution in [1.82, 2.24) is 5.32 Å². The van der Waals surface area contributed by atoms with Gasteiger partial charge in [0.05, 0.1) is 10.6 Å². The van der Waals surface area contributed by atoms with E-state index < -0.39 is 35.4 Å². The average Bonchev–Trinajstić information content (AvgIpc) is 2.91. The average molecular weight is 575 g/mol. The maximum atomic E-state index is 14.0. The van der Waals surface area contributed by atoms with Crippen molar-refractivity contribution in [2.24, 2.45) is 0 Å². The van der Waals surface area contributed by atoms with Crippen LogP contribution in [0.3, 0.4) is 0 Å². The topological polar surface area (TPSA) is 85.9 Å². The molecule has 11 heteroatoms. The fraction of sp³-hybridized carbons (Fsp3) is 0.143. The van der Waals surface area contributed by atoms with Crippen molar-refractivity contribution in [3.05, 3.63) is 99.0 Å². The molecule has 4 rings (SSSR count). The highest BCUT2D eigenvalue weighted by Gasteiger charge is 2.25. The molecule has 202 valence electrons. The molecule has 0 bridgehead atoms. The van der Waals surface area contributed by atoms with Crippen molar-refractivity contribution in [2.75, 3.05) is 19.5 Å². The van der Waals surface area contributed by atoms with E-state index in [0.717, 1.165) is 29.0 Å². The van der Waals surface area contributed by atoms with Crippen LogP contribution in [-0.2, 0) is 9.47 Å². The Morgan fingerprint density at radius 1 is 0.897 bits per heavy atom. The number of imide groups is 1. The molecule has 0 saturated carbocycles. The first kappa shape index (κ1) is 28.3. The molecule has 0 saturated heterocycles. The van der Waals surface area contributed by atoms with E-state index in [4.69, 9.17) is 37.4 Å². The highest BCUT2D eigenvalue weighted by molar-refractivity contribution is 6.36. The molecule has 39 heavy (non-hydrogen) atoms. The Balaban J connectivity index is 1.70. The zero-order valence-corrected chi connectivity index (χ0v) is 22.4. The molecule has 0 unspecified atom stereocenters. The summed E-state index contributed by atoms with van der Waals surface area (Å²) in [6, 6.07) is 14.2. The first-order valence-corrected chi connectivity index (χ1v) is 12.2. The third-order valence-corrected chi connectivity index (χ3v) is 6.67. The summed E-state index contributed by atoms with van der Waals surface area (Å²) >= 11 is 13.1. The molecule has 0 aliphatic carbocycles. The van der Waals surface area contributed by atoms with E-state index in [0.29, 0.717) is 21.9 Å². The Hall–Kier alpha value is -3.76. The van der Waals surface area contributed by atoms with E-state index >= 15 is 0 Å². The normalized spacial score (nSPS) is 11.1. The fourth-order valence-corrected chi connectivity index (χ4v) is 4.45. The van der Waals surface area contributed by atoms with E-state index in [-0.39, 0.29) is 16.5 Å². The number of hydrogen-bond donors (Lipinski definition) is 2. The van der Waals surface area contributed by atoms with Gasteiger partial charge in [0.2, 0.25) is 0 Å². The summed E-state index contributed by atoms with van der Waals surface area (Å²) in [4.78, 5) is 25.0. The van der Waals surface area contributed by atoms with Gasteiger partial charge in [-0.25, -0.2) is 13.6 Å².